The quantitative estimate of drug-likeness (QED) is 0.278. The summed E-state index contributed by atoms with van der Waals surface area (Å²) in [5, 5.41) is 0. The Morgan fingerprint density at radius 3 is 1.12 bits per heavy atom. The number of fused-ring (bicyclic) bond motifs is 6. The third kappa shape index (κ3) is 3.79. The summed E-state index contributed by atoms with van der Waals surface area (Å²) in [7, 11) is -2.01. The fourth-order valence-corrected chi connectivity index (χ4v) is 11.7. The molecule has 0 heterocycles. The molecule has 0 nitrogen and oxygen atoms in total. The van der Waals surface area contributed by atoms with Gasteiger partial charge in [0.05, 0.1) is 8.07 Å². The Morgan fingerprint density at radius 1 is 0.588 bits per heavy atom. The predicted octanol–water partition coefficient (Wildman–Crippen LogP) is 1.96. The molecule has 4 aromatic carbocycles. The van der Waals surface area contributed by atoms with Crippen LogP contribution in [0.2, 0.25) is 12.6 Å². The van der Waals surface area contributed by atoms with Crippen LogP contribution in [0, 0.1) is 0 Å². The fourth-order valence-electron chi connectivity index (χ4n) is 6.45. The van der Waals surface area contributed by atoms with Crippen molar-refractivity contribution in [2.75, 3.05) is 0 Å². The van der Waals surface area contributed by atoms with Gasteiger partial charge in [-0.1, -0.05) is 110 Å². The van der Waals surface area contributed by atoms with Crippen molar-refractivity contribution < 1.29 is 46.5 Å². The Bertz CT molecular complexity index is 1150. The van der Waals surface area contributed by atoms with Crippen LogP contribution in [-0.4, -0.2) is 8.07 Å². The smallest absolute Gasteiger partial charge is 1.00 e. The van der Waals surface area contributed by atoms with E-state index in [2.05, 4.69) is 116 Å². The van der Waals surface area contributed by atoms with Crippen molar-refractivity contribution in [2.45, 2.75) is 23.7 Å². The molecule has 2 aliphatic carbocycles. The molecular weight excluding hydrogens is 507 g/mol. The van der Waals surface area contributed by atoms with E-state index in [-0.39, 0.29) is 46.5 Å². The zero-order chi connectivity index (χ0) is 21.0. The van der Waals surface area contributed by atoms with Crippen LogP contribution in [0.15, 0.2) is 110 Å². The van der Waals surface area contributed by atoms with Crippen LogP contribution >= 0.6 is 0 Å². The number of hydrogen-bond acceptors (Lipinski definition) is 0. The minimum atomic E-state index is -2.01. The number of allylic oxidation sites excluding steroid dienone is 1. The molecule has 0 bridgehead atoms. The van der Waals surface area contributed by atoms with Crippen molar-refractivity contribution in [3.63, 3.8) is 0 Å². The van der Waals surface area contributed by atoms with Gasteiger partial charge in [-0.05, 0) is 50.6 Å². The summed E-state index contributed by atoms with van der Waals surface area (Å²) in [6, 6.07) is 37.5. The molecule has 0 unspecified atom stereocenters. The zero-order valence-electron chi connectivity index (χ0n) is 19.1. The molecule has 6 rings (SSSR count). The van der Waals surface area contributed by atoms with E-state index in [1.807, 2.05) is 0 Å². The molecule has 0 radical (unpaired) electrons. The maximum absolute atomic E-state index is 4.25. The number of rotatable bonds is 4. The molecule has 0 fully saturated rings. The molecule has 0 amide bonds. The molecule has 168 valence electrons. The van der Waals surface area contributed by atoms with Crippen molar-refractivity contribution in [3.8, 4) is 22.3 Å². The first-order valence-corrected chi connectivity index (χ1v) is 14.1. The summed E-state index contributed by atoms with van der Waals surface area (Å²) in [5.41, 5.74) is 12.7. The first kappa shape index (κ1) is 26.7. The van der Waals surface area contributed by atoms with Gasteiger partial charge < -0.3 is 24.8 Å². The molecule has 0 saturated carbocycles. The van der Waals surface area contributed by atoms with Gasteiger partial charge in [0.2, 0.25) is 0 Å². The van der Waals surface area contributed by atoms with E-state index >= 15 is 0 Å². The second kappa shape index (κ2) is 10.4. The van der Waals surface area contributed by atoms with Crippen LogP contribution in [0.3, 0.4) is 0 Å². The Morgan fingerprint density at radius 2 is 0.853 bits per heavy atom. The van der Waals surface area contributed by atoms with Crippen LogP contribution in [0.1, 0.15) is 33.3 Å². The SMILES string of the molecule is C=CC[Si](C)(C1c2ccccc2-c2ccccc21)C1c2ccccc2-c2ccccc21.[Cl-].[Cl-].[Ti+2]. The average molecular weight is 533 g/mol. The van der Waals surface area contributed by atoms with E-state index in [1.54, 1.807) is 0 Å². The molecule has 0 aromatic heterocycles. The molecule has 2 aliphatic rings. The molecule has 0 atom stereocenters. The van der Waals surface area contributed by atoms with Crippen molar-refractivity contribution in [3.05, 3.63) is 132 Å². The van der Waals surface area contributed by atoms with Crippen molar-refractivity contribution in [1.29, 1.82) is 0 Å². The topological polar surface area (TPSA) is 0 Å². The second-order valence-corrected chi connectivity index (χ2v) is 13.8. The minimum absolute atomic E-state index is 0. The van der Waals surface area contributed by atoms with Crippen LogP contribution in [0.4, 0.5) is 0 Å². The summed E-state index contributed by atoms with van der Waals surface area (Å²) < 4.78 is 0. The second-order valence-electron chi connectivity index (χ2n) is 9.21. The molecule has 0 aliphatic heterocycles. The van der Waals surface area contributed by atoms with Gasteiger partial charge in [0, 0.05) is 11.1 Å². The molecule has 0 spiro atoms. The normalized spacial score (nSPS) is 13.3. The van der Waals surface area contributed by atoms with E-state index in [1.165, 1.54) is 44.5 Å². The predicted molar refractivity (Wildman–Crippen MR) is 134 cm³/mol. The van der Waals surface area contributed by atoms with Gasteiger partial charge in [-0.2, -0.15) is 0 Å². The van der Waals surface area contributed by atoms with E-state index in [0.717, 1.165) is 6.04 Å². The fraction of sp³-hybridized carbons (Fsp3) is 0.133. The van der Waals surface area contributed by atoms with Gasteiger partial charge in [0.15, 0.2) is 0 Å². The monoisotopic (exact) mass is 532 g/mol. The standard InChI is InChI=1S/C30H26Si.2ClH.Ti/c1-3-20-31(2,29-25-16-8-4-12-21(25)22-13-5-9-17-26(22)29)30-27-18-10-6-14-23(27)24-15-7-11-19-28(24)30;;;/h3-19,29-30H,1,20H2,2H3;2*1H;/q;;;+2/p-2. The van der Waals surface area contributed by atoms with Crippen LogP contribution in [0.5, 0.6) is 0 Å². The molecular formula is C30H26Cl2SiTi. The first-order valence-electron chi connectivity index (χ1n) is 11.2. The Balaban J connectivity index is 0.00000108. The van der Waals surface area contributed by atoms with Gasteiger partial charge in [0.1, 0.15) is 0 Å². The third-order valence-corrected chi connectivity index (χ3v) is 12.6. The van der Waals surface area contributed by atoms with Gasteiger partial charge in [-0.3, -0.25) is 0 Å². The van der Waals surface area contributed by atoms with E-state index in [4.69, 9.17) is 0 Å². The maximum Gasteiger partial charge on any atom is 2.00 e. The molecule has 4 heteroatoms. The minimum Gasteiger partial charge on any atom is -1.00 e. The zero-order valence-corrected chi connectivity index (χ0v) is 23.2. The van der Waals surface area contributed by atoms with Crippen LogP contribution in [-0.2, 0) is 21.7 Å². The molecule has 0 saturated heterocycles. The van der Waals surface area contributed by atoms with Crippen molar-refractivity contribution in [2.24, 2.45) is 0 Å². The molecule has 0 N–H and O–H groups in total. The molecule has 34 heavy (non-hydrogen) atoms. The van der Waals surface area contributed by atoms with Crippen LogP contribution in [0.25, 0.3) is 22.3 Å². The average Bonchev–Trinajstić information content (AvgIpc) is 3.33. The van der Waals surface area contributed by atoms with Gasteiger partial charge in [0.25, 0.3) is 0 Å². The largest absolute Gasteiger partial charge is 2.00 e. The van der Waals surface area contributed by atoms with Gasteiger partial charge in [-0.15, -0.1) is 6.58 Å². The Hall–Kier alpha value is -1.87. The summed E-state index contributed by atoms with van der Waals surface area (Å²) in [5.74, 6) is 0. The van der Waals surface area contributed by atoms with Gasteiger partial charge in [-0.25, -0.2) is 0 Å². The summed E-state index contributed by atoms with van der Waals surface area (Å²) >= 11 is 0. The summed E-state index contributed by atoms with van der Waals surface area (Å²) in [4.78, 5) is 0. The van der Waals surface area contributed by atoms with E-state index in [9.17, 15) is 0 Å². The molecule has 4 aromatic rings. The van der Waals surface area contributed by atoms with E-state index < -0.39 is 8.07 Å². The third-order valence-electron chi connectivity index (χ3n) is 7.57. The Labute approximate surface area is 231 Å². The Kier molecular flexibility index (Phi) is 8.18. The van der Waals surface area contributed by atoms with Crippen molar-refractivity contribution >= 4 is 8.07 Å². The van der Waals surface area contributed by atoms with E-state index in [0.29, 0.717) is 11.1 Å². The summed E-state index contributed by atoms with van der Waals surface area (Å²) in [6.45, 7) is 6.87. The maximum atomic E-state index is 4.25. The summed E-state index contributed by atoms with van der Waals surface area (Å²) in [6.07, 6.45) is 2.19. The number of halogens is 2. The first-order chi connectivity index (χ1) is 15.2. The number of benzene rings is 4. The van der Waals surface area contributed by atoms with Crippen LogP contribution < -0.4 is 24.8 Å². The van der Waals surface area contributed by atoms with Crippen molar-refractivity contribution in [1.82, 2.24) is 0 Å². The number of hydrogen-bond donors (Lipinski definition) is 0. The van der Waals surface area contributed by atoms with Gasteiger partial charge >= 0.3 is 21.7 Å².